The molecule has 1 aromatic carbocycles. The molecule has 0 radical (unpaired) electrons. The number of imidazole rings is 1. The minimum Gasteiger partial charge on any atom is -0.486 e. The zero-order chi connectivity index (χ0) is 22.5. The lowest BCUT2D eigenvalue weighted by molar-refractivity contribution is -0.384. The number of benzene rings is 1. The fourth-order valence-electron chi connectivity index (χ4n) is 3.29. The molecule has 1 N–H and O–H groups in total. The normalized spacial score (nSPS) is 11.4. The highest BCUT2D eigenvalue weighted by Crippen LogP contribution is 2.20. The zero-order valence-corrected chi connectivity index (χ0v) is 18.0. The minimum atomic E-state index is -0.475. The number of hydrogen-bond donors (Lipinski definition) is 1. The third-order valence-electron chi connectivity index (χ3n) is 5.05. The Labute approximate surface area is 178 Å². The first-order chi connectivity index (χ1) is 14.8. The van der Waals surface area contributed by atoms with Gasteiger partial charge >= 0.3 is 5.69 Å². The molecule has 2 heterocycles. The molecule has 0 unspecified atom stereocenters. The lowest BCUT2D eigenvalue weighted by atomic mass is 10.1. The summed E-state index contributed by atoms with van der Waals surface area (Å²) in [4.78, 5) is 42.4. The van der Waals surface area contributed by atoms with Crippen molar-refractivity contribution in [2.24, 2.45) is 5.92 Å². The summed E-state index contributed by atoms with van der Waals surface area (Å²) in [6.45, 7) is 7.29. The molecule has 10 heteroatoms. The van der Waals surface area contributed by atoms with Gasteiger partial charge in [0.15, 0.2) is 11.2 Å². The number of rotatable bonds is 10. The van der Waals surface area contributed by atoms with Crippen LogP contribution in [0.3, 0.4) is 0 Å². The Morgan fingerprint density at radius 2 is 1.87 bits per heavy atom. The van der Waals surface area contributed by atoms with E-state index in [1.54, 1.807) is 4.57 Å². The van der Waals surface area contributed by atoms with E-state index in [-0.39, 0.29) is 12.3 Å². The first-order valence-corrected chi connectivity index (χ1v) is 10.4. The van der Waals surface area contributed by atoms with Crippen LogP contribution in [0.1, 0.15) is 45.9 Å². The van der Waals surface area contributed by atoms with Gasteiger partial charge in [0.1, 0.15) is 18.2 Å². The molecule has 10 nitrogen and oxygen atoms in total. The number of aromatic amines is 1. The summed E-state index contributed by atoms with van der Waals surface area (Å²) >= 11 is 0. The van der Waals surface area contributed by atoms with Crippen molar-refractivity contribution in [2.75, 3.05) is 0 Å². The van der Waals surface area contributed by atoms with Gasteiger partial charge < -0.3 is 9.30 Å². The standard InChI is InChI=1S/C21H27N5O5/c1-4-5-11-25-19-18(20(27)23-21(25)28)24(12-10-14(2)3)17(22-19)13-31-16-8-6-15(7-9-16)26(29)30/h6-9,14H,4-5,10-13H2,1-3H3,(H,23,27,28). The Balaban J connectivity index is 2.00. The summed E-state index contributed by atoms with van der Waals surface area (Å²) in [5, 5.41) is 10.8. The summed E-state index contributed by atoms with van der Waals surface area (Å²) in [5.41, 5.74) is -0.247. The van der Waals surface area contributed by atoms with Gasteiger partial charge in [0, 0.05) is 25.2 Å². The summed E-state index contributed by atoms with van der Waals surface area (Å²) in [5.74, 6) is 1.38. The molecule has 0 aliphatic rings. The van der Waals surface area contributed by atoms with Crippen molar-refractivity contribution in [3.05, 3.63) is 61.0 Å². The second kappa shape index (κ2) is 9.59. The van der Waals surface area contributed by atoms with Gasteiger partial charge in [-0.3, -0.25) is 24.5 Å². The quantitative estimate of drug-likeness (QED) is 0.390. The van der Waals surface area contributed by atoms with Gasteiger partial charge in [-0.2, -0.15) is 0 Å². The molecule has 0 saturated heterocycles. The lowest BCUT2D eigenvalue weighted by Crippen LogP contribution is -2.31. The maximum atomic E-state index is 12.6. The highest BCUT2D eigenvalue weighted by Gasteiger charge is 2.19. The maximum Gasteiger partial charge on any atom is 0.330 e. The molecule has 0 aliphatic heterocycles. The first kappa shape index (κ1) is 22.3. The Bertz CT molecular complexity index is 1170. The molecule has 0 atom stereocenters. The number of hydrogen-bond acceptors (Lipinski definition) is 6. The number of non-ortho nitro benzene ring substituents is 1. The van der Waals surface area contributed by atoms with E-state index in [2.05, 4.69) is 23.8 Å². The van der Waals surface area contributed by atoms with E-state index in [1.807, 2.05) is 6.92 Å². The molecule has 0 bridgehead atoms. The number of nitrogens with zero attached hydrogens (tertiary/aromatic N) is 4. The van der Waals surface area contributed by atoms with Gasteiger partial charge in [0.25, 0.3) is 11.2 Å². The van der Waals surface area contributed by atoms with Crippen LogP contribution in [0.15, 0.2) is 33.9 Å². The molecule has 3 aromatic rings. The largest absolute Gasteiger partial charge is 0.486 e. The van der Waals surface area contributed by atoms with E-state index < -0.39 is 16.2 Å². The summed E-state index contributed by atoms with van der Waals surface area (Å²) in [7, 11) is 0. The van der Waals surface area contributed by atoms with Gasteiger partial charge in [0.05, 0.1) is 4.92 Å². The van der Waals surface area contributed by atoms with E-state index in [4.69, 9.17) is 4.74 Å². The van der Waals surface area contributed by atoms with Gasteiger partial charge in [-0.25, -0.2) is 9.78 Å². The van der Waals surface area contributed by atoms with E-state index >= 15 is 0 Å². The second-order valence-corrected chi connectivity index (χ2v) is 7.84. The Morgan fingerprint density at radius 3 is 2.48 bits per heavy atom. The number of nitrogens with one attached hydrogen (secondary N) is 1. The number of ether oxygens (including phenoxy) is 1. The van der Waals surface area contributed by atoms with Crippen molar-refractivity contribution in [1.82, 2.24) is 19.1 Å². The lowest BCUT2D eigenvalue weighted by Gasteiger charge is -2.11. The Kier molecular flexibility index (Phi) is 6.88. The van der Waals surface area contributed by atoms with Crippen molar-refractivity contribution < 1.29 is 9.66 Å². The number of aryl methyl sites for hydroxylation is 2. The number of fused-ring (bicyclic) bond motifs is 1. The van der Waals surface area contributed by atoms with Crippen LogP contribution in [-0.4, -0.2) is 24.0 Å². The third kappa shape index (κ3) is 5.01. The molecule has 166 valence electrons. The van der Waals surface area contributed by atoms with Crippen molar-refractivity contribution in [3.63, 3.8) is 0 Å². The van der Waals surface area contributed by atoms with Crippen molar-refractivity contribution in [1.29, 1.82) is 0 Å². The summed E-state index contributed by atoms with van der Waals surface area (Å²) < 4.78 is 9.10. The maximum absolute atomic E-state index is 12.6. The number of aromatic nitrogens is 4. The highest BCUT2D eigenvalue weighted by molar-refractivity contribution is 5.71. The molecule has 3 rings (SSSR count). The topological polar surface area (TPSA) is 125 Å². The second-order valence-electron chi connectivity index (χ2n) is 7.84. The predicted molar refractivity (Wildman–Crippen MR) is 116 cm³/mol. The van der Waals surface area contributed by atoms with Gasteiger partial charge in [-0.05, 0) is 30.9 Å². The number of unbranched alkanes of at least 4 members (excludes halogenated alkanes) is 1. The molecule has 31 heavy (non-hydrogen) atoms. The summed E-state index contributed by atoms with van der Waals surface area (Å²) in [6, 6.07) is 5.76. The van der Waals surface area contributed by atoms with Crippen molar-refractivity contribution in [2.45, 2.75) is 59.7 Å². The van der Waals surface area contributed by atoms with Crippen LogP contribution >= 0.6 is 0 Å². The van der Waals surface area contributed by atoms with Crippen LogP contribution in [0.2, 0.25) is 0 Å². The molecular weight excluding hydrogens is 402 g/mol. The molecule has 0 saturated carbocycles. The van der Waals surface area contributed by atoms with E-state index in [1.165, 1.54) is 28.8 Å². The van der Waals surface area contributed by atoms with E-state index in [0.717, 1.165) is 19.3 Å². The van der Waals surface area contributed by atoms with Crippen LogP contribution in [0.4, 0.5) is 5.69 Å². The third-order valence-corrected chi connectivity index (χ3v) is 5.05. The average Bonchev–Trinajstić information content (AvgIpc) is 3.09. The van der Waals surface area contributed by atoms with Crippen LogP contribution in [0, 0.1) is 16.0 Å². The molecule has 0 aliphatic carbocycles. The summed E-state index contributed by atoms with van der Waals surface area (Å²) in [6.07, 6.45) is 2.51. The number of nitro benzene ring substituents is 1. The van der Waals surface area contributed by atoms with Crippen LogP contribution < -0.4 is 16.0 Å². The smallest absolute Gasteiger partial charge is 0.330 e. The van der Waals surface area contributed by atoms with Crippen molar-refractivity contribution >= 4 is 16.9 Å². The molecule has 0 amide bonds. The van der Waals surface area contributed by atoms with Crippen molar-refractivity contribution in [3.8, 4) is 5.75 Å². The predicted octanol–water partition coefficient (Wildman–Crippen LogP) is 3.22. The number of nitro groups is 1. The fraction of sp³-hybridized carbons (Fsp3) is 0.476. The Hall–Kier alpha value is -3.43. The van der Waals surface area contributed by atoms with Gasteiger partial charge in [-0.15, -0.1) is 0 Å². The number of H-pyrrole nitrogens is 1. The fourth-order valence-corrected chi connectivity index (χ4v) is 3.29. The van der Waals surface area contributed by atoms with Crippen LogP contribution in [-0.2, 0) is 19.7 Å². The van der Waals surface area contributed by atoms with E-state index in [0.29, 0.717) is 41.7 Å². The van der Waals surface area contributed by atoms with Crippen LogP contribution in [0.5, 0.6) is 5.75 Å². The van der Waals surface area contributed by atoms with Crippen LogP contribution in [0.25, 0.3) is 11.2 Å². The average molecular weight is 429 g/mol. The highest BCUT2D eigenvalue weighted by atomic mass is 16.6. The SMILES string of the molecule is CCCCn1c(=O)[nH]c(=O)c2c1nc(COc1ccc([N+](=O)[O-])cc1)n2CCC(C)C. The van der Waals surface area contributed by atoms with Gasteiger partial charge in [0.2, 0.25) is 0 Å². The molecule has 0 spiro atoms. The Morgan fingerprint density at radius 1 is 1.16 bits per heavy atom. The van der Waals surface area contributed by atoms with Gasteiger partial charge in [-0.1, -0.05) is 27.2 Å². The zero-order valence-electron chi connectivity index (χ0n) is 18.0. The first-order valence-electron chi connectivity index (χ1n) is 10.4. The van der Waals surface area contributed by atoms with E-state index in [9.17, 15) is 19.7 Å². The minimum absolute atomic E-state index is 0.0250. The molecular formula is C21H27N5O5. The molecule has 0 fully saturated rings. The molecule has 2 aromatic heterocycles. The monoisotopic (exact) mass is 429 g/mol.